The van der Waals surface area contributed by atoms with Crippen molar-refractivity contribution in [1.82, 2.24) is 9.80 Å². The van der Waals surface area contributed by atoms with Gasteiger partial charge < -0.3 is 25.0 Å². The monoisotopic (exact) mass is 367 g/mol. The number of piperidine rings is 1. The summed E-state index contributed by atoms with van der Waals surface area (Å²) in [6.07, 6.45) is 2.01. The van der Waals surface area contributed by atoms with Crippen molar-refractivity contribution in [3.8, 4) is 5.75 Å². The van der Waals surface area contributed by atoms with Crippen LogP contribution in [-0.4, -0.2) is 74.4 Å². The summed E-state index contributed by atoms with van der Waals surface area (Å²) in [5.41, 5.74) is 6.25. The molecule has 0 radical (unpaired) electrons. The van der Waals surface area contributed by atoms with Gasteiger partial charge in [0, 0.05) is 25.7 Å². The Morgan fingerprint density at radius 1 is 1.19 bits per heavy atom. The van der Waals surface area contributed by atoms with E-state index in [9.17, 15) is 4.39 Å². The zero-order chi connectivity index (χ0) is 18.8. The quantitative estimate of drug-likeness (QED) is 0.609. The predicted octanol–water partition coefficient (Wildman–Crippen LogP) is 2.35. The number of hydrogen-bond acceptors (Lipinski definition) is 5. The molecule has 1 fully saturated rings. The summed E-state index contributed by atoms with van der Waals surface area (Å²) in [6.45, 7) is 11.6. The van der Waals surface area contributed by atoms with Gasteiger partial charge in [0.25, 0.3) is 0 Å². The third-order valence-corrected chi connectivity index (χ3v) is 5.03. The molecule has 1 aliphatic rings. The largest absolute Gasteiger partial charge is 0.494 e. The van der Waals surface area contributed by atoms with Crippen molar-refractivity contribution in [3.63, 3.8) is 0 Å². The van der Waals surface area contributed by atoms with Crippen LogP contribution in [-0.2, 0) is 4.74 Å². The Morgan fingerprint density at radius 3 is 2.62 bits per heavy atom. The Bertz CT molecular complexity index is 496. The minimum absolute atomic E-state index is 0.109. The highest BCUT2D eigenvalue weighted by Crippen LogP contribution is 2.14. The summed E-state index contributed by atoms with van der Waals surface area (Å²) in [4.78, 5) is 4.76. The minimum Gasteiger partial charge on any atom is -0.494 e. The highest BCUT2D eigenvalue weighted by molar-refractivity contribution is 5.21. The molecule has 2 unspecified atom stereocenters. The summed E-state index contributed by atoms with van der Waals surface area (Å²) < 4.78 is 24.6. The molecule has 0 aromatic heterocycles. The van der Waals surface area contributed by atoms with E-state index in [0.29, 0.717) is 12.4 Å². The number of nitrogens with two attached hydrogens (primary N) is 1. The average Bonchev–Trinajstić information content (AvgIpc) is 2.66. The lowest BCUT2D eigenvalue weighted by Crippen LogP contribution is -2.52. The van der Waals surface area contributed by atoms with E-state index in [-0.39, 0.29) is 18.0 Å². The first-order chi connectivity index (χ1) is 12.6. The molecule has 2 atom stereocenters. The van der Waals surface area contributed by atoms with Crippen molar-refractivity contribution >= 4 is 0 Å². The number of benzene rings is 1. The van der Waals surface area contributed by atoms with E-state index in [2.05, 4.69) is 23.6 Å². The maximum atomic E-state index is 12.9. The van der Waals surface area contributed by atoms with E-state index >= 15 is 0 Å². The molecule has 5 nitrogen and oxygen atoms in total. The van der Waals surface area contributed by atoms with E-state index in [1.54, 1.807) is 12.1 Å². The molecule has 6 heteroatoms. The van der Waals surface area contributed by atoms with E-state index in [1.807, 2.05) is 0 Å². The third kappa shape index (κ3) is 7.19. The summed E-state index contributed by atoms with van der Waals surface area (Å²) in [7, 11) is 0. The molecule has 26 heavy (non-hydrogen) atoms. The van der Waals surface area contributed by atoms with E-state index in [0.717, 1.165) is 58.7 Å². The Balaban J connectivity index is 1.64. The lowest BCUT2D eigenvalue weighted by Gasteiger charge is -2.37. The fourth-order valence-corrected chi connectivity index (χ4v) is 3.26. The van der Waals surface area contributed by atoms with Gasteiger partial charge in [-0.05, 0) is 56.7 Å². The summed E-state index contributed by atoms with van der Waals surface area (Å²) in [5.74, 6) is 0.471. The predicted molar refractivity (Wildman–Crippen MR) is 103 cm³/mol. The first kappa shape index (κ1) is 21.1. The van der Waals surface area contributed by atoms with Crippen LogP contribution in [0.15, 0.2) is 24.3 Å². The molecule has 0 aliphatic carbocycles. The van der Waals surface area contributed by atoms with Crippen molar-refractivity contribution < 1.29 is 13.9 Å². The van der Waals surface area contributed by atoms with Gasteiger partial charge in [0.1, 0.15) is 11.6 Å². The van der Waals surface area contributed by atoms with Crippen LogP contribution in [0.3, 0.4) is 0 Å². The van der Waals surface area contributed by atoms with Crippen molar-refractivity contribution in [3.05, 3.63) is 30.1 Å². The van der Waals surface area contributed by atoms with Crippen LogP contribution < -0.4 is 10.5 Å². The molecule has 1 aromatic carbocycles. The van der Waals surface area contributed by atoms with Gasteiger partial charge in [0.15, 0.2) is 0 Å². The highest BCUT2D eigenvalue weighted by atomic mass is 19.1. The minimum atomic E-state index is -0.242. The molecular formula is C20H34FN3O2. The fourth-order valence-electron chi connectivity index (χ4n) is 3.26. The normalized spacial score (nSPS) is 21.3. The van der Waals surface area contributed by atoms with Gasteiger partial charge in [-0.15, -0.1) is 0 Å². The molecule has 1 aliphatic heterocycles. The van der Waals surface area contributed by atoms with Gasteiger partial charge >= 0.3 is 0 Å². The molecule has 0 bridgehead atoms. The molecule has 1 aromatic rings. The first-order valence-electron chi connectivity index (χ1n) is 9.82. The standard InChI is InChI=1S/C20H34FN3O2/c1-3-23(4-2)13-15-26-20-16-24(12-10-19(20)22)11-5-14-25-18-8-6-17(21)7-9-18/h6-9,19-20H,3-5,10-16,22H2,1-2H3. The summed E-state index contributed by atoms with van der Waals surface area (Å²) >= 11 is 0. The molecule has 0 spiro atoms. The SMILES string of the molecule is CCN(CC)CCOC1CN(CCCOc2ccc(F)cc2)CCC1N. The molecule has 1 saturated heterocycles. The smallest absolute Gasteiger partial charge is 0.123 e. The molecule has 148 valence electrons. The zero-order valence-corrected chi connectivity index (χ0v) is 16.2. The van der Waals surface area contributed by atoms with Crippen molar-refractivity contribution in [2.45, 2.75) is 38.8 Å². The van der Waals surface area contributed by atoms with Crippen molar-refractivity contribution in [2.24, 2.45) is 5.73 Å². The number of halogens is 1. The highest BCUT2D eigenvalue weighted by Gasteiger charge is 2.27. The van der Waals surface area contributed by atoms with Crippen LogP contribution in [0.25, 0.3) is 0 Å². The second kappa shape index (κ2) is 11.5. The van der Waals surface area contributed by atoms with E-state index in [1.165, 1.54) is 12.1 Å². The zero-order valence-electron chi connectivity index (χ0n) is 16.2. The van der Waals surface area contributed by atoms with Gasteiger partial charge in [-0.2, -0.15) is 0 Å². The number of hydrogen-bond donors (Lipinski definition) is 1. The molecule has 1 heterocycles. The maximum Gasteiger partial charge on any atom is 0.123 e. The second-order valence-electron chi connectivity index (χ2n) is 6.85. The maximum absolute atomic E-state index is 12.9. The Kier molecular flexibility index (Phi) is 9.32. The number of nitrogens with zero attached hydrogens (tertiary/aromatic N) is 2. The Morgan fingerprint density at radius 2 is 1.92 bits per heavy atom. The molecule has 0 amide bonds. The second-order valence-corrected chi connectivity index (χ2v) is 6.85. The van der Waals surface area contributed by atoms with Crippen LogP contribution in [0.1, 0.15) is 26.7 Å². The van der Waals surface area contributed by atoms with Crippen molar-refractivity contribution in [1.29, 1.82) is 0 Å². The molecule has 2 N–H and O–H groups in total. The number of ether oxygens (including phenoxy) is 2. The van der Waals surface area contributed by atoms with E-state index in [4.69, 9.17) is 15.2 Å². The summed E-state index contributed by atoms with van der Waals surface area (Å²) in [5, 5.41) is 0. The number of likely N-dealkylation sites (tertiary alicyclic amines) is 1. The van der Waals surface area contributed by atoms with Gasteiger partial charge in [-0.3, -0.25) is 0 Å². The number of likely N-dealkylation sites (N-methyl/N-ethyl adjacent to an activating group) is 1. The van der Waals surface area contributed by atoms with Crippen LogP contribution in [0.2, 0.25) is 0 Å². The van der Waals surface area contributed by atoms with Gasteiger partial charge in [-0.25, -0.2) is 4.39 Å². The molecule has 0 saturated carbocycles. The Labute approximate surface area is 157 Å². The summed E-state index contributed by atoms with van der Waals surface area (Å²) in [6, 6.07) is 6.28. The van der Waals surface area contributed by atoms with Crippen LogP contribution in [0, 0.1) is 5.82 Å². The van der Waals surface area contributed by atoms with Gasteiger partial charge in [0.2, 0.25) is 0 Å². The van der Waals surface area contributed by atoms with Crippen molar-refractivity contribution in [2.75, 3.05) is 52.5 Å². The molecule has 2 rings (SSSR count). The lowest BCUT2D eigenvalue weighted by atomic mass is 10.0. The number of rotatable bonds is 11. The van der Waals surface area contributed by atoms with Gasteiger partial charge in [-0.1, -0.05) is 13.8 Å². The Hall–Kier alpha value is -1.21. The fraction of sp³-hybridized carbons (Fsp3) is 0.700. The van der Waals surface area contributed by atoms with E-state index < -0.39 is 0 Å². The third-order valence-electron chi connectivity index (χ3n) is 5.03. The van der Waals surface area contributed by atoms with Crippen LogP contribution in [0.4, 0.5) is 4.39 Å². The molecular weight excluding hydrogens is 333 g/mol. The van der Waals surface area contributed by atoms with Gasteiger partial charge in [0.05, 0.1) is 19.3 Å². The lowest BCUT2D eigenvalue weighted by molar-refractivity contribution is -0.0204. The first-order valence-corrected chi connectivity index (χ1v) is 9.82. The van der Waals surface area contributed by atoms with Crippen LogP contribution >= 0.6 is 0 Å². The topological polar surface area (TPSA) is 51.0 Å². The average molecular weight is 368 g/mol. The van der Waals surface area contributed by atoms with Crippen LogP contribution in [0.5, 0.6) is 5.75 Å².